The van der Waals surface area contributed by atoms with Crippen molar-refractivity contribution in [2.75, 3.05) is 0 Å². The van der Waals surface area contributed by atoms with Gasteiger partial charge < -0.3 is 29.7 Å². The van der Waals surface area contributed by atoms with Crippen LogP contribution in [0.5, 0.6) is 0 Å². The molecule has 0 aliphatic heterocycles. The first-order valence-corrected chi connectivity index (χ1v) is 11.3. The molecular weight excluding hydrogens is 443 g/mol. The predicted molar refractivity (Wildman–Crippen MR) is 99.1 cm³/mol. The summed E-state index contributed by atoms with van der Waals surface area (Å²) in [6, 6.07) is 0. The van der Waals surface area contributed by atoms with Gasteiger partial charge in [0.25, 0.3) is 0 Å². The first-order valence-electron chi connectivity index (χ1n) is 9.29. The van der Waals surface area contributed by atoms with Crippen molar-refractivity contribution in [3.63, 3.8) is 0 Å². The Morgan fingerprint density at radius 1 is 0.577 bits per heavy atom. The fourth-order valence-corrected chi connectivity index (χ4v) is 2.50. The van der Waals surface area contributed by atoms with E-state index in [1.807, 2.05) is 0 Å². The summed E-state index contributed by atoms with van der Waals surface area (Å²) in [5.41, 5.74) is 0. The number of rotatable bonds is 11. The molecule has 0 saturated heterocycles. The number of aliphatic carboxylic acids is 3. The zero-order valence-electron chi connectivity index (χ0n) is 16.9. The van der Waals surface area contributed by atoms with Gasteiger partial charge in [-0.25, -0.2) is 0 Å². The summed E-state index contributed by atoms with van der Waals surface area (Å²) in [6.07, 6.45) is 16.2. The first-order chi connectivity index (χ1) is 12.1. The van der Waals surface area contributed by atoms with Crippen LogP contribution in [0.15, 0.2) is 0 Å². The third-order valence-electron chi connectivity index (χ3n) is 2.78. The number of carbonyl (C=O) groups is 3. The molecular formula is C19H36O6Sn. The average Bonchev–Trinajstić information content (AvgIpc) is 2.47. The second-order valence-corrected chi connectivity index (χ2v) is 7.19. The van der Waals surface area contributed by atoms with Gasteiger partial charge in [-0.05, 0) is 20.8 Å². The van der Waals surface area contributed by atoms with Crippen molar-refractivity contribution in [3.05, 3.63) is 0 Å². The van der Waals surface area contributed by atoms with E-state index < -0.39 is 17.9 Å². The van der Waals surface area contributed by atoms with E-state index in [1.165, 1.54) is 75.1 Å². The Morgan fingerprint density at radius 3 is 0.962 bits per heavy atom. The summed E-state index contributed by atoms with van der Waals surface area (Å²) in [5.74, 6) is -3.25. The molecule has 0 aromatic carbocycles. The molecule has 26 heavy (non-hydrogen) atoms. The summed E-state index contributed by atoms with van der Waals surface area (Å²) >= 11 is 1.72. The number of unbranched alkanes of at least 4 members (excludes halogenated alkanes) is 10. The van der Waals surface area contributed by atoms with Crippen molar-refractivity contribution in [1.82, 2.24) is 0 Å². The molecule has 0 atom stereocenters. The molecule has 0 aliphatic rings. The molecule has 0 bridgehead atoms. The topological polar surface area (TPSA) is 120 Å². The summed E-state index contributed by atoms with van der Waals surface area (Å²) in [4.78, 5) is 26.7. The zero-order valence-corrected chi connectivity index (χ0v) is 19.8. The first kappa shape index (κ1) is 32.8. The van der Waals surface area contributed by atoms with Gasteiger partial charge in [-0.15, -0.1) is 0 Å². The fourth-order valence-electron chi connectivity index (χ4n) is 1.79. The Kier molecular flexibility index (Phi) is 40.3. The van der Waals surface area contributed by atoms with Gasteiger partial charge in [0.15, 0.2) is 0 Å². The van der Waals surface area contributed by atoms with Crippen molar-refractivity contribution in [1.29, 1.82) is 0 Å². The fraction of sp³-hybridized carbons (Fsp3) is 0.842. The number of hydrogen-bond donors (Lipinski definition) is 0. The van der Waals surface area contributed by atoms with E-state index in [0.717, 1.165) is 20.8 Å². The van der Waals surface area contributed by atoms with Crippen molar-refractivity contribution < 1.29 is 29.7 Å². The number of carbonyl (C=O) groups excluding carboxylic acids is 3. The van der Waals surface area contributed by atoms with Gasteiger partial charge in [0.05, 0.1) is 0 Å². The van der Waals surface area contributed by atoms with E-state index in [-0.39, 0.29) is 0 Å². The molecule has 0 saturated carbocycles. The van der Waals surface area contributed by atoms with Crippen LogP contribution in [-0.4, -0.2) is 40.4 Å². The zero-order chi connectivity index (χ0) is 21.2. The van der Waals surface area contributed by atoms with E-state index in [1.54, 1.807) is 22.5 Å². The number of hydrogen-bond acceptors (Lipinski definition) is 6. The van der Waals surface area contributed by atoms with Crippen LogP contribution in [0.1, 0.15) is 98.3 Å². The molecule has 0 heterocycles. The minimum absolute atomic E-state index is 0.972. The molecule has 0 amide bonds. The Labute approximate surface area is 172 Å². The average molecular weight is 479 g/mol. The SMILES string of the molecule is CC(=O)[O-].CC(=O)[O-].CC(=O)[O-].CCCCCCCCCCCC[CH2][Sn+3]. The van der Waals surface area contributed by atoms with E-state index in [9.17, 15) is 0 Å². The van der Waals surface area contributed by atoms with Crippen LogP contribution < -0.4 is 15.3 Å². The maximum absolute atomic E-state index is 8.89. The van der Waals surface area contributed by atoms with Crippen LogP contribution in [-0.2, 0) is 14.4 Å². The molecule has 0 aromatic rings. The number of carboxylic acids is 3. The second-order valence-electron chi connectivity index (χ2n) is 5.76. The van der Waals surface area contributed by atoms with E-state index in [2.05, 4.69) is 6.92 Å². The summed E-state index contributed by atoms with van der Waals surface area (Å²) < 4.78 is 1.46. The molecule has 152 valence electrons. The molecule has 0 aliphatic carbocycles. The summed E-state index contributed by atoms with van der Waals surface area (Å²) in [6.45, 7) is 5.20. The van der Waals surface area contributed by atoms with Crippen molar-refractivity contribution in [2.45, 2.75) is 103 Å². The number of carboxylic acid groups (broad SMARTS) is 3. The van der Waals surface area contributed by atoms with Crippen molar-refractivity contribution in [3.8, 4) is 0 Å². The summed E-state index contributed by atoms with van der Waals surface area (Å²) in [5, 5.41) is 26.7. The molecule has 0 unspecified atom stereocenters. The Morgan fingerprint density at radius 2 is 0.769 bits per heavy atom. The van der Waals surface area contributed by atoms with Crippen LogP contribution in [0.25, 0.3) is 0 Å². The molecule has 0 fully saturated rings. The van der Waals surface area contributed by atoms with E-state index in [0.29, 0.717) is 0 Å². The van der Waals surface area contributed by atoms with E-state index >= 15 is 0 Å². The molecule has 0 N–H and O–H groups in total. The Hall–Kier alpha value is -0.791. The van der Waals surface area contributed by atoms with Gasteiger partial charge in [-0.3, -0.25) is 0 Å². The monoisotopic (exact) mass is 480 g/mol. The predicted octanol–water partition coefficient (Wildman–Crippen LogP) is 1.15. The Balaban J connectivity index is -0.000000164. The van der Waals surface area contributed by atoms with Crippen LogP contribution in [0, 0.1) is 0 Å². The van der Waals surface area contributed by atoms with Gasteiger partial charge in [-0.1, -0.05) is 6.92 Å². The van der Waals surface area contributed by atoms with Crippen LogP contribution >= 0.6 is 0 Å². The molecule has 0 aromatic heterocycles. The second kappa shape index (κ2) is 31.9. The third kappa shape index (κ3) is 110. The molecule has 7 heteroatoms. The molecule has 0 rings (SSSR count). The van der Waals surface area contributed by atoms with E-state index in [4.69, 9.17) is 29.7 Å². The standard InChI is InChI=1S/C13H27.3C2H4O2.Sn/c1-3-5-7-9-11-13-12-10-8-6-4-2;3*1-2(3)4;/h1,3-13H2,2H3;3*1H3,(H,3,4);/q;;;;+3/p-3. The maximum atomic E-state index is 8.89. The summed E-state index contributed by atoms with van der Waals surface area (Å²) in [7, 11) is 0. The third-order valence-corrected chi connectivity index (χ3v) is 3.79. The molecule has 0 spiro atoms. The Bertz CT molecular complexity index is 256. The van der Waals surface area contributed by atoms with Gasteiger partial charge in [0, 0.05) is 17.9 Å². The van der Waals surface area contributed by atoms with Crippen LogP contribution in [0.3, 0.4) is 0 Å². The molecule has 6 nitrogen and oxygen atoms in total. The van der Waals surface area contributed by atoms with Gasteiger partial charge in [-0.2, -0.15) is 0 Å². The quantitative estimate of drug-likeness (QED) is 0.324. The van der Waals surface area contributed by atoms with Crippen molar-refractivity contribution in [2.24, 2.45) is 0 Å². The van der Waals surface area contributed by atoms with Gasteiger partial charge in [0.1, 0.15) is 0 Å². The molecule has 0 radical (unpaired) electrons. The van der Waals surface area contributed by atoms with Crippen LogP contribution in [0.2, 0.25) is 4.44 Å². The minimum atomic E-state index is -1.08. The van der Waals surface area contributed by atoms with Gasteiger partial charge >= 0.3 is 97.6 Å². The van der Waals surface area contributed by atoms with Gasteiger partial charge in [0.2, 0.25) is 0 Å². The van der Waals surface area contributed by atoms with Crippen molar-refractivity contribution >= 4 is 40.4 Å². The van der Waals surface area contributed by atoms with Crippen LogP contribution in [0.4, 0.5) is 0 Å². The normalized spacial score (nSPS) is 8.69.